The fourth-order valence-electron chi connectivity index (χ4n) is 4.75. The van der Waals surface area contributed by atoms with E-state index in [9.17, 15) is 9.59 Å². The van der Waals surface area contributed by atoms with E-state index in [1.807, 2.05) is 42.2 Å². The summed E-state index contributed by atoms with van der Waals surface area (Å²) in [5, 5.41) is 3.04. The van der Waals surface area contributed by atoms with Gasteiger partial charge >= 0.3 is 0 Å². The number of piperazine rings is 1. The van der Waals surface area contributed by atoms with E-state index in [-0.39, 0.29) is 11.8 Å². The van der Waals surface area contributed by atoms with Gasteiger partial charge in [0, 0.05) is 56.3 Å². The smallest absolute Gasteiger partial charge is 0.255 e. The number of amides is 2. The van der Waals surface area contributed by atoms with Crippen molar-refractivity contribution in [2.24, 2.45) is 0 Å². The number of aromatic nitrogens is 2. The molecule has 3 heterocycles. The third kappa shape index (κ3) is 4.97. The van der Waals surface area contributed by atoms with Crippen molar-refractivity contribution in [3.05, 3.63) is 88.9 Å². The van der Waals surface area contributed by atoms with E-state index >= 15 is 0 Å². The van der Waals surface area contributed by atoms with Gasteiger partial charge in [-0.1, -0.05) is 60.7 Å². The number of thiazole rings is 1. The van der Waals surface area contributed by atoms with Crippen LogP contribution in [0.1, 0.15) is 28.5 Å². The van der Waals surface area contributed by atoms with Crippen LogP contribution < -0.4 is 0 Å². The Morgan fingerprint density at radius 1 is 0.917 bits per heavy atom. The summed E-state index contributed by atoms with van der Waals surface area (Å²) in [6.45, 7) is 6.63. The zero-order chi connectivity index (χ0) is 25.1. The van der Waals surface area contributed by atoms with Crippen molar-refractivity contribution in [1.29, 1.82) is 0 Å². The normalized spacial score (nSPS) is 13.7. The Bertz CT molecular complexity index is 1350. The highest BCUT2D eigenvalue weighted by atomic mass is 32.1. The maximum atomic E-state index is 13.6. The van der Waals surface area contributed by atoms with Gasteiger partial charge in [0.25, 0.3) is 5.91 Å². The van der Waals surface area contributed by atoms with Gasteiger partial charge in [-0.05, 0) is 25.0 Å². The van der Waals surface area contributed by atoms with Crippen molar-refractivity contribution in [2.75, 3.05) is 26.2 Å². The number of rotatable bonds is 6. The second-order valence-electron chi connectivity index (χ2n) is 9.12. The minimum Gasteiger partial charge on any atom is -0.342 e. The van der Waals surface area contributed by atoms with Crippen molar-refractivity contribution in [3.8, 4) is 22.0 Å². The molecule has 0 unspecified atom stereocenters. The molecule has 0 atom stereocenters. The first kappa shape index (κ1) is 24.0. The van der Waals surface area contributed by atoms with E-state index in [0.717, 1.165) is 40.6 Å². The first-order valence-electron chi connectivity index (χ1n) is 12.3. The van der Waals surface area contributed by atoms with Crippen LogP contribution in [0.3, 0.4) is 0 Å². The van der Waals surface area contributed by atoms with Crippen molar-refractivity contribution in [2.45, 2.75) is 26.8 Å². The fraction of sp³-hybridized carbons (Fsp3) is 0.276. The summed E-state index contributed by atoms with van der Waals surface area (Å²) in [6, 6.07) is 22.6. The Morgan fingerprint density at radius 2 is 1.56 bits per heavy atom. The number of hydrogen-bond acceptors (Lipinski definition) is 4. The number of hydrogen-bond donors (Lipinski definition) is 0. The molecule has 5 rings (SSSR count). The van der Waals surface area contributed by atoms with E-state index in [1.165, 1.54) is 5.56 Å². The van der Waals surface area contributed by atoms with E-state index in [1.54, 1.807) is 23.2 Å². The van der Waals surface area contributed by atoms with Crippen molar-refractivity contribution in [1.82, 2.24) is 19.4 Å². The van der Waals surface area contributed by atoms with E-state index in [4.69, 9.17) is 4.98 Å². The van der Waals surface area contributed by atoms with Crippen LogP contribution >= 0.6 is 11.3 Å². The van der Waals surface area contributed by atoms with Crippen LogP contribution in [-0.4, -0.2) is 57.3 Å². The molecule has 0 spiro atoms. The molecule has 1 aliphatic rings. The quantitative estimate of drug-likeness (QED) is 0.370. The molecule has 7 heteroatoms. The Labute approximate surface area is 215 Å². The molecule has 0 radical (unpaired) electrons. The summed E-state index contributed by atoms with van der Waals surface area (Å²) < 4.78 is 2.23. The number of aryl methyl sites for hydroxylation is 1. The highest BCUT2D eigenvalue weighted by Gasteiger charge is 2.27. The molecule has 0 aliphatic carbocycles. The molecule has 1 aliphatic heterocycles. The van der Waals surface area contributed by atoms with Crippen molar-refractivity contribution >= 4 is 23.2 Å². The molecule has 0 saturated carbocycles. The number of carbonyl (C=O) groups is 2. The third-order valence-electron chi connectivity index (χ3n) is 6.86. The molecule has 0 N–H and O–H groups in total. The molecule has 1 saturated heterocycles. The molecular formula is C29H30N4O2S. The van der Waals surface area contributed by atoms with Crippen LogP contribution in [-0.2, 0) is 17.8 Å². The number of nitrogens with zero attached hydrogens (tertiary/aromatic N) is 4. The Morgan fingerprint density at radius 3 is 2.22 bits per heavy atom. The third-order valence-corrected chi connectivity index (χ3v) is 7.75. The average Bonchev–Trinajstić information content (AvgIpc) is 3.53. The van der Waals surface area contributed by atoms with E-state index < -0.39 is 0 Å². The van der Waals surface area contributed by atoms with Gasteiger partial charge in [0.15, 0.2) is 0 Å². The zero-order valence-electron chi connectivity index (χ0n) is 20.7. The van der Waals surface area contributed by atoms with Gasteiger partial charge in [-0.2, -0.15) is 0 Å². The molecule has 4 aromatic rings. The van der Waals surface area contributed by atoms with Gasteiger partial charge in [-0.25, -0.2) is 4.98 Å². The van der Waals surface area contributed by atoms with Gasteiger partial charge in [-0.3, -0.25) is 9.59 Å². The minimum absolute atomic E-state index is 0.0222. The lowest BCUT2D eigenvalue weighted by Crippen LogP contribution is -2.50. The van der Waals surface area contributed by atoms with Crippen LogP contribution in [0.4, 0.5) is 0 Å². The molecule has 2 aromatic carbocycles. The average molecular weight is 499 g/mol. The standard InChI is InChI=1S/C29H30N4O2S/c1-21-25(29(35)32-17-15-31(16-18-32)22(2)34)19-27(33(21)14-13-23-9-5-3-6-10-23)26-20-36-28(30-26)24-11-7-4-8-12-24/h3-12,19-20H,13-18H2,1-2H3. The van der Waals surface area contributed by atoms with Gasteiger partial charge < -0.3 is 14.4 Å². The summed E-state index contributed by atoms with van der Waals surface area (Å²) in [7, 11) is 0. The predicted molar refractivity (Wildman–Crippen MR) is 144 cm³/mol. The maximum Gasteiger partial charge on any atom is 0.255 e. The minimum atomic E-state index is 0.0222. The molecule has 2 aromatic heterocycles. The summed E-state index contributed by atoms with van der Waals surface area (Å²) in [5.74, 6) is 0.0827. The van der Waals surface area contributed by atoms with Gasteiger partial charge in [0.2, 0.25) is 5.91 Å². The zero-order valence-corrected chi connectivity index (χ0v) is 21.5. The first-order chi connectivity index (χ1) is 17.5. The number of benzene rings is 2. The molecule has 36 heavy (non-hydrogen) atoms. The van der Waals surface area contributed by atoms with Crippen LogP contribution in [0.25, 0.3) is 22.0 Å². The maximum absolute atomic E-state index is 13.6. The summed E-state index contributed by atoms with van der Waals surface area (Å²) in [4.78, 5) is 33.9. The van der Waals surface area contributed by atoms with Crippen molar-refractivity contribution in [3.63, 3.8) is 0 Å². The lowest BCUT2D eigenvalue weighted by atomic mass is 10.1. The lowest BCUT2D eigenvalue weighted by molar-refractivity contribution is -0.130. The first-order valence-corrected chi connectivity index (χ1v) is 13.2. The van der Waals surface area contributed by atoms with Gasteiger partial charge in [-0.15, -0.1) is 11.3 Å². The Balaban J connectivity index is 1.46. The molecule has 6 nitrogen and oxygen atoms in total. The second-order valence-corrected chi connectivity index (χ2v) is 9.98. The molecule has 2 amide bonds. The molecule has 184 valence electrons. The van der Waals surface area contributed by atoms with Gasteiger partial charge in [0.05, 0.1) is 17.0 Å². The number of carbonyl (C=O) groups excluding carboxylic acids is 2. The largest absolute Gasteiger partial charge is 0.342 e. The SMILES string of the molecule is CC(=O)N1CCN(C(=O)c2cc(-c3csc(-c4ccccc4)n3)n(CCc3ccccc3)c2C)CC1. The topological polar surface area (TPSA) is 58.4 Å². The van der Waals surface area contributed by atoms with Crippen molar-refractivity contribution < 1.29 is 9.59 Å². The van der Waals surface area contributed by atoms with Crippen LogP contribution in [0, 0.1) is 6.92 Å². The van der Waals surface area contributed by atoms with E-state index in [2.05, 4.69) is 46.3 Å². The summed E-state index contributed by atoms with van der Waals surface area (Å²) in [6.07, 6.45) is 0.865. The fourth-order valence-corrected chi connectivity index (χ4v) is 5.57. The summed E-state index contributed by atoms with van der Waals surface area (Å²) >= 11 is 1.62. The van der Waals surface area contributed by atoms with Gasteiger partial charge in [0.1, 0.15) is 5.01 Å². The molecule has 1 fully saturated rings. The molecular weight excluding hydrogens is 468 g/mol. The Kier molecular flexibility index (Phi) is 7.00. The predicted octanol–water partition coefficient (Wildman–Crippen LogP) is 5.13. The van der Waals surface area contributed by atoms with Crippen LogP contribution in [0.15, 0.2) is 72.1 Å². The molecule has 0 bridgehead atoms. The highest BCUT2D eigenvalue weighted by molar-refractivity contribution is 7.13. The van der Waals surface area contributed by atoms with Crippen LogP contribution in [0.2, 0.25) is 0 Å². The Hall–Kier alpha value is -3.71. The monoisotopic (exact) mass is 498 g/mol. The highest BCUT2D eigenvalue weighted by Crippen LogP contribution is 2.32. The van der Waals surface area contributed by atoms with Crippen LogP contribution in [0.5, 0.6) is 0 Å². The van der Waals surface area contributed by atoms with E-state index in [0.29, 0.717) is 31.7 Å². The summed E-state index contributed by atoms with van der Waals surface area (Å²) in [5.41, 5.74) is 5.86. The second kappa shape index (κ2) is 10.5. The lowest BCUT2D eigenvalue weighted by Gasteiger charge is -2.34.